The van der Waals surface area contributed by atoms with Crippen molar-refractivity contribution in [2.45, 2.75) is 32.1 Å². The van der Waals surface area contributed by atoms with E-state index in [4.69, 9.17) is 15.2 Å². The van der Waals surface area contributed by atoms with Crippen molar-refractivity contribution in [1.82, 2.24) is 10.2 Å². The normalized spacial score (nSPS) is 18.2. The third-order valence-corrected chi connectivity index (χ3v) is 5.42. The highest BCUT2D eigenvalue weighted by molar-refractivity contribution is 5.93. The molecule has 0 spiro atoms. The summed E-state index contributed by atoms with van der Waals surface area (Å²) in [6, 6.07) is 5.84. The van der Waals surface area contributed by atoms with Crippen LogP contribution in [0, 0.1) is 5.92 Å². The monoisotopic (exact) mass is 403 g/mol. The molecular formula is C21H33N5O3. The molecule has 160 valence electrons. The Hall–Kier alpha value is -2.48. The molecule has 4 N–H and O–H groups in total. The molecule has 0 aliphatic carbocycles. The molecule has 3 rings (SSSR count). The Morgan fingerprint density at radius 2 is 1.97 bits per heavy atom. The Morgan fingerprint density at radius 3 is 2.69 bits per heavy atom. The van der Waals surface area contributed by atoms with Gasteiger partial charge in [-0.1, -0.05) is 0 Å². The van der Waals surface area contributed by atoms with Crippen LogP contribution in [0.1, 0.15) is 32.1 Å². The molecule has 1 aromatic carbocycles. The molecule has 29 heavy (non-hydrogen) atoms. The fourth-order valence-electron chi connectivity index (χ4n) is 3.67. The second-order valence-electron chi connectivity index (χ2n) is 7.56. The zero-order valence-electron chi connectivity index (χ0n) is 17.3. The molecule has 1 saturated heterocycles. The van der Waals surface area contributed by atoms with E-state index >= 15 is 0 Å². The molecule has 8 heteroatoms. The highest BCUT2D eigenvalue weighted by Gasteiger charge is 2.22. The van der Waals surface area contributed by atoms with Gasteiger partial charge in [-0.3, -0.25) is 9.79 Å². The highest BCUT2D eigenvalue weighted by atomic mass is 16.5. The average molecular weight is 404 g/mol. The fourth-order valence-corrected chi connectivity index (χ4v) is 3.67. The van der Waals surface area contributed by atoms with Gasteiger partial charge in [0.15, 0.2) is 17.5 Å². The number of fused-ring (bicyclic) bond motifs is 1. The van der Waals surface area contributed by atoms with Crippen molar-refractivity contribution in [2.24, 2.45) is 16.6 Å². The molecule has 1 amide bonds. The number of hydrogen-bond acceptors (Lipinski definition) is 5. The third kappa shape index (κ3) is 6.52. The van der Waals surface area contributed by atoms with Crippen molar-refractivity contribution in [3.63, 3.8) is 0 Å². The summed E-state index contributed by atoms with van der Waals surface area (Å²) in [6.07, 6.45) is 4.83. The Morgan fingerprint density at radius 1 is 1.21 bits per heavy atom. The number of likely N-dealkylation sites (tertiary alicyclic amines) is 1. The van der Waals surface area contributed by atoms with Gasteiger partial charge in [0.1, 0.15) is 0 Å². The van der Waals surface area contributed by atoms with Gasteiger partial charge in [-0.15, -0.1) is 0 Å². The van der Waals surface area contributed by atoms with Crippen molar-refractivity contribution in [2.75, 3.05) is 51.8 Å². The summed E-state index contributed by atoms with van der Waals surface area (Å²) in [7, 11) is 1.77. The predicted octanol–water partition coefficient (Wildman–Crippen LogP) is 1.81. The molecule has 2 heterocycles. The number of nitrogens with two attached hydrogens (primary N) is 1. The zero-order valence-corrected chi connectivity index (χ0v) is 17.3. The van der Waals surface area contributed by atoms with E-state index in [2.05, 4.69) is 20.5 Å². The fraction of sp³-hybridized carbons (Fsp3) is 0.619. The van der Waals surface area contributed by atoms with Crippen LogP contribution in [-0.4, -0.2) is 63.2 Å². The molecule has 0 unspecified atom stereocenters. The lowest BCUT2D eigenvalue weighted by molar-refractivity contribution is -0.123. The number of hydrogen-bond donors (Lipinski definition) is 3. The van der Waals surface area contributed by atoms with E-state index in [1.165, 1.54) is 0 Å². The van der Waals surface area contributed by atoms with Crippen LogP contribution < -0.4 is 25.8 Å². The van der Waals surface area contributed by atoms with Gasteiger partial charge in [0.05, 0.1) is 13.2 Å². The van der Waals surface area contributed by atoms with Crippen LogP contribution in [-0.2, 0) is 4.79 Å². The number of primary amides is 1. The molecule has 0 aromatic heterocycles. The van der Waals surface area contributed by atoms with Crippen molar-refractivity contribution >= 4 is 17.6 Å². The van der Waals surface area contributed by atoms with Crippen LogP contribution in [0.25, 0.3) is 0 Å². The molecule has 0 saturated carbocycles. The number of carbonyl (C=O) groups is 1. The summed E-state index contributed by atoms with van der Waals surface area (Å²) in [5.74, 6) is 2.20. The van der Waals surface area contributed by atoms with E-state index in [9.17, 15) is 4.79 Å². The predicted molar refractivity (Wildman–Crippen MR) is 115 cm³/mol. The van der Waals surface area contributed by atoms with Crippen LogP contribution in [0.2, 0.25) is 0 Å². The minimum Gasteiger partial charge on any atom is -0.490 e. The number of nitrogens with one attached hydrogen (secondary N) is 2. The molecule has 0 bridgehead atoms. The van der Waals surface area contributed by atoms with Crippen molar-refractivity contribution in [3.05, 3.63) is 18.2 Å². The lowest BCUT2D eigenvalue weighted by Gasteiger charge is -2.30. The second-order valence-corrected chi connectivity index (χ2v) is 7.56. The van der Waals surface area contributed by atoms with Crippen LogP contribution in [0.15, 0.2) is 23.2 Å². The first kappa shape index (κ1) is 21.2. The number of unbranched alkanes of at least 4 members (excludes halogenated alkanes) is 1. The first-order chi connectivity index (χ1) is 14.2. The maximum Gasteiger partial charge on any atom is 0.220 e. The van der Waals surface area contributed by atoms with Gasteiger partial charge in [-0.25, -0.2) is 0 Å². The summed E-state index contributed by atoms with van der Waals surface area (Å²) < 4.78 is 11.4. The molecule has 1 aromatic rings. The molecule has 0 radical (unpaired) electrons. The van der Waals surface area contributed by atoms with Crippen molar-refractivity contribution in [3.8, 4) is 11.5 Å². The minimum atomic E-state index is -0.152. The smallest absolute Gasteiger partial charge is 0.220 e. The third-order valence-electron chi connectivity index (χ3n) is 5.42. The largest absolute Gasteiger partial charge is 0.490 e. The van der Waals surface area contributed by atoms with E-state index in [0.717, 1.165) is 81.4 Å². The van der Waals surface area contributed by atoms with Gasteiger partial charge in [0.2, 0.25) is 5.91 Å². The summed E-state index contributed by atoms with van der Waals surface area (Å²) in [6.45, 7) is 5.20. The number of amides is 1. The molecule has 0 atom stereocenters. The van der Waals surface area contributed by atoms with Gasteiger partial charge in [0.25, 0.3) is 0 Å². The summed E-state index contributed by atoms with van der Waals surface area (Å²) in [4.78, 5) is 17.9. The summed E-state index contributed by atoms with van der Waals surface area (Å²) >= 11 is 0. The van der Waals surface area contributed by atoms with Crippen LogP contribution in [0.3, 0.4) is 0 Å². The molecule has 1 fully saturated rings. The number of anilines is 1. The second kappa shape index (κ2) is 10.9. The topological polar surface area (TPSA) is 101 Å². The van der Waals surface area contributed by atoms with Gasteiger partial charge in [0, 0.05) is 37.7 Å². The molecule has 8 nitrogen and oxygen atoms in total. The summed E-state index contributed by atoms with van der Waals surface area (Å²) in [5, 5.41) is 6.66. The standard InChI is InChI=1S/C21H33N5O3/c1-23-21(25-17-5-6-18-19(15-17)29-14-4-13-28-18)24-9-2-3-10-26-11-7-16(8-12-26)20(22)27/h5-6,15-16H,2-4,7-14H2,1H3,(H2,22,27)(H2,23,24,25). The van der Waals surface area contributed by atoms with Crippen LogP contribution in [0.4, 0.5) is 5.69 Å². The molecule has 2 aliphatic heterocycles. The number of ether oxygens (including phenoxy) is 2. The number of piperidine rings is 1. The SMILES string of the molecule is CN=C(NCCCCN1CCC(C(N)=O)CC1)Nc1ccc2c(c1)OCCCO2. The minimum absolute atomic E-state index is 0.0623. The number of guanidine groups is 1. The van der Waals surface area contributed by atoms with Crippen molar-refractivity contribution < 1.29 is 14.3 Å². The first-order valence-electron chi connectivity index (χ1n) is 10.5. The Balaban J connectivity index is 1.35. The van der Waals surface area contributed by atoms with E-state index in [0.29, 0.717) is 13.2 Å². The van der Waals surface area contributed by atoms with Gasteiger partial charge >= 0.3 is 0 Å². The maximum absolute atomic E-state index is 11.2. The number of carbonyl (C=O) groups excluding carboxylic acids is 1. The van der Waals surface area contributed by atoms with Crippen LogP contribution >= 0.6 is 0 Å². The highest BCUT2D eigenvalue weighted by Crippen LogP contribution is 2.32. The van der Waals surface area contributed by atoms with Gasteiger partial charge in [-0.2, -0.15) is 0 Å². The number of benzene rings is 1. The van der Waals surface area contributed by atoms with E-state index in [1.807, 2.05) is 18.2 Å². The lowest BCUT2D eigenvalue weighted by atomic mass is 9.96. The van der Waals surface area contributed by atoms with Crippen LogP contribution in [0.5, 0.6) is 11.5 Å². The van der Waals surface area contributed by atoms with Crippen molar-refractivity contribution in [1.29, 1.82) is 0 Å². The van der Waals surface area contributed by atoms with E-state index in [1.54, 1.807) is 7.05 Å². The summed E-state index contributed by atoms with van der Waals surface area (Å²) in [5.41, 5.74) is 6.31. The molecular weight excluding hydrogens is 370 g/mol. The first-order valence-corrected chi connectivity index (χ1v) is 10.5. The number of nitrogens with zero attached hydrogens (tertiary/aromatic N) is 2. The lowest BCUT2D eigenvalue weighted by Crippen LogP contribution is -2.39. The maximum atomic E-state index is 11.2. The Kier molecular flexibility index (Phi) is 7.98. The Labute approximate surface area is 172 Å². The number of rotatable bonds is 7. The van der Waals surface area contributed by atoms with Gasteiger partial charge in [-0.05, 0) is 57.5 Å². The van der Waals surface area contributed by atoms with E-state index < -0.39 is 0 Å². The quantitative estimate of drug-likeness (QED) is 0.365. The molecule has 2 aliphatic rings. The van der Waals surface area contributed by atoms with E-state index in [-0.39, 0.29) is 11.8 Å². The average Bonchev–Trinajstić information content (AvgIpc) is 2.98. The number of aliphatic imine (C=N–C) groups is 1. The Bertz CT molecular complexity index is 702. The van der Waals surface area contributed by atoms with Gasteiger partial charge < -0.3 is 30.7 Å². The zero-order chi connectivity index (χ0) is 20.5.